The van der Waals surface area contributed by atoms with E-state index in [1.807, 2.05) is 6.92 Å². The lowest BCUT2D eigenvalue weighted by Crippen LogP contribution is -2.46. The molecule has 2 aromatic rings. The summed E-state index contributed by atoms with van der Waals surface area (Å²) in [5, 5.41) is 1.73. The molecule has 5 nitrogen and oxygen atoms in total. The lowest BCUT2D eigenvalue weighted by Gasteiger charge is -2.33. The summed E-state index contributed by atoms with van der Waals surface area (Å²) in [6, 6.07) is 9.07. The van der Waals surface area contributed by atoms with Gasteiger partial charge in [0.15, 0.2) is 0 Å². The first-order chi connectivity index (χ1) is 12.4. The highest BCUT2D eigenvalue weighted by atomic mass is 32.2. The molecule has 3 rings (SSSR count). The van der Waals surface area contributed by atoms with Gasteiger partial charge in [-0.2, -0.15) is 4.31 Å². The van der Waals surface area contributed by atoms with Gasteiger partial charge in [-0.15, -0.1) is 11.3 Å². The van der Waals surface area contributed by atoms with Crippen molar-refractivity contribution in [2.24, 2.45) is 5.92 Å². The zero-order valence-electron chi connectivity index (χ0n) is 14.5. The van der Waals surface area contributed by atoms with E-state index in [-0.39, 0.29) is 18.3 Å². The first kappa shape index (κ1) is 19.0. The summed E-state index contributed by atoms with van der Waals surface area (Å²) in [6.07, 6.45) is 1.29. The first-order valence-corrected chi connectivity index (χ1v) is 10.9. The van der Waals surface area contributed by atoms with E-state index in [0.717, 1.165) is 0 Å². The van der Waals surface area contributed by atoms with Crippen molar-refractivity contribution in [3.05, 3.63) is 47.6 Å². The Kier molecular flexibility index (Phi) is 5.74. The zero-order valence-corrected chi connectivity index (χ0v) is 16.1. The second kappa shape index (κ2) is 7.85. The van der Waals surface area contributed by atoms with E-state index in [1.165, 1.54) is 27.8 Å². The summed E-state index contributed by atoms with van der Waals surface area (Å²) >= 11 is 1.18. The minimum absolute atomic E-state index is 0.120. The van der Waals surface area contributed by atoms with E-state index in [0.29, 0.717) is 35.8 Å². The normalized spacial score (nSPS) is 18.6. The Bertz CT molecular complexity index is 851. The summed E-state index contributed by atoms with van der Waals surface area (Å²) in [6.45, 7) is 2.90. The summed E-state index contributed by atoms with van der Waals surface area (Å²) in [5.74, 6) is -0.878. The van der Waals surface area contributed by atoms with Crippen molar-refractivity contribution in [1.82, 2.24) is 4.31 Å². The second-order valence-corrected chi connectivity index (χ2v) is 9.31. The van der Waals surface area contributed by atoms with Crippen LogP contribution in [-0.4, -0.2) is 38.3 Å². The third kappa shape index (κ3) is 3.82. The molecule has 0 saturated carbocycles. The Morgan fingerprint density at radius 2 is 2.04 bits per heavy atom. The standard InChI is InChI=1S/C18H21FN2O3S2/c1-2-21(16-9-7-15(19)8-10-16)18(22)14-5-3-11-20(13-14)26(23,24)17-6-4-12-25-17/h4,6-10,12,14H,2-3,5,11,13H2,1H3. The number of nitrogens with zero attached hydrogens (tertiary/aromatic N) is 2. The van der Waals surface area contributed by atoms with Crippen LogP contribution >= 0.6 is 11.3 Å². The molecule has 1 aromatic carbocycles. The van der Waals surface area contributed by atoms with Gasteiger partial charge in [-0.25, -0.2) is 12.8 Å². The molecule has 140 valence electrons. The van der Waals surface area contributed by atoms with Gasteiger partial charge in [0.1, 0.15) is 10.0 Å². The number of halogens is 1. The van der Waals surface area contributed by atoms with Crippen molar-refractivity contribution in [2.75, 3.05) is 24.5 Å². The quantitative estimate of drug-likeness (QED) is 0.779. The second-order valence-electron chi connectivity index (χ2n) is 6.19. The number of carbonyl (C=O) groups is 1. The molecule has 0 aliphatic carbocycles. The molecule has 1 amide bonds. The molecule has 1 aliphatic rings. The predicted molar refractivity (Wildman–Crippen MR) is 100 cm³/mol. The molecule has 1 fully saturated rings. The molecule has 0 radical (unpaired) electrons. The van der Waals surface area contributed by atoms with E-state index in [4.69, 9.17) is 0 Å². The number of hydrogen-bond donors (Lipinski definition) is 0. The summed E-state index contributed by atoms with van der Waals surface area (Å²) in [5.41, 5.74) is 0.622. The Labute approximate surface area is 157 Å². The van der Waals surface area contributed by atoms with E-state index in [1.54, 1.807) is 34.5 Å². The molecule has 0 bridgehead atoms. The van der Waals surface area contributed by atoms with Gasteiger partial charge in [-0.3, -0.25) is 4.79 Å². The fourth-order valence-electron chi connectivity index (χ4n) is 3.21. The molecule has 26 heavy (non-hydrogen) atoms. The van der Waals surface area contributed by atoms with Crippen LogP contribution in [0.25, 0.3) is 0 Å². The van der Waals surface area contributed by atoms with Crippen LogP contribution in [0.1, 0.15) is 19.8 Å². The third-order valence-electron chi connectivity index (χ3n) is 4.54. The maximum absolute atomic E-state index is 13.2. The number of anilines is 1. The first-order valence-electron chi connectivity index (χ1n) is 8.54. The van der Waals surface area contributed by atoms with Crippen molar-refractivity contribution in [3.63, 3.8) is 0 Å². The van der Waals surface area contributed by atoms with Crippen molar-refractivity contribution in [3.8, 4) is 0 Å². The number of hydrogen-bond acceptors (Lipinski definition) is 4. The van der Waals surface area contributed by atoms with Crippen LogP contribution in [0.2, 0.25) is 0 Å². The Balaban J connectivity index is 1.78. The fraction of sp³-hybridized carbons (Fsp3) is 0.389. The highest BCUT2D eigenvalue weighted by molar-refractivity contribution is 7.91. The lowest BCUT2D eigenvalue weighted by molar-refractivity contribution is -0.123. The number of amides is 1. The van der Waals surface area contributed by atoms with E-state index < -0.39 is 15.9 Å². The smallest absolute Gasteiger partial charge is 0.252 e. The van der Waals surface area contributed by atoms with Crippen LogP contribution in [0.5, 0.6) is 0 Å². The van der Waals surface area contributed by atoms with Crippen molar-refractivity contribution >= 4 is 33.0 Å². The van der Waals surface area contributed by atoms with Crippen molar-refractivity contribution < 1.29 is 17.6 Å². The van der Waals surface area contributed by atoms with E-state index in [9.17, 15) is 17.6 Å². The maximum Gasteiger partial charge on any atom is 0.252 e. The molecule has 2 heterocycles. The molecule has 1 saturated heterocycles. The van der Waals surface area contributed by atoms with Gasteiger partial charge in [0.2, 0.25) is 5.91 Å². The van der Waals surface area contributed by atoms with Crippen molar-refractivity contribution in [2.45, 2.75) is 24.0 Å². The van der Waals surface area contributed by atoms with E-state index in [2.05, 4.69) is 0 Å². The molecule has 1 unspecified atom stereocenters. The number of piperidine rings is 1. The van der Waals surface area contributed by atoms with Crippen LogP contribution in [0.15, 0.2) is 46.0 Å². The Hall–Kier alpha value is -1.77. The molecular weight excluding hydrogens is 375 g/mol. The van der Waals surface area contributed by atoms with Gasteiger partial charge in [-0.1, -0.05) is 6.07 Å². The third-order valence-corrected chi connectivity index (χ3v) is 7.78. The highest BCUT2D eigenvalue weighted by Crippen LogP contribution is 2.28. The van der Waals surface area contributed by atoms with Crippen LogP contribution in [0.4, 0.5) is 10.1 Å². The number of thiophene rings is 1. The molecule has 1 atom stereocenters. The summed E-state index contributed by atoms with van der Waals surface area (Å²) in [7, 11) is -3.56. The van der Waals surface area contributed by atoms with Gasteiger partial charge in [0.05, 0.1) is 5.92 Å². The van der Waals surface area contributed by atoms with Gasteiger partial charge in [-0.05, 0) is 55.5 Å². The minimum atomic E-state index is -3.56. The average Bonchev–Trinajstić information content (AvgIpc) is 3.19. The number of sulfonamides is 1. The zero-order chi connectivity index (χ0) is 18.7. The SMILES string of the molecule is CCN(C(=O)C1CCCN(S(=O)(=O)c2cccs2)C1)c1ccc(F)cc1. The van der Waals surface area contributed by atoms with Crippen LogP contribution < -0.4 is 4.90 Å². The highest BCUT2D eigenvalue weighted by Gasteiger charge is 2.35. The number of carbonyl (C=O) groups excluding carboxylic acids is 1. The predicted octanol–water partition coefficient (Wildman–Crippen LogP) is 3.34. The molecule has 1 aromatic heterocycles. The monoisotopic (exact) mass is 396 g/mol. The number of benzene rings is 1. The minimum Gasteiger partial charge on any atom is -0.312 e. The molecule has 1 aliphatic heterocycles. The topological polar surface area (TPSA) is 57.7 Å². The molecule has 0 N–H and O–H groups in total. The molecular formula is C18H21FN2O3S2. The average molecular weight is 397 g/mol. The largest absolute Gasteiger partial charge is 0.312 e. The van der Waals surface area contributed by atoms with Gasteiger partial charge < -0.3 is 4.90 Å². The van der Waals surface area contributed by atoms with Gasteiger partial charge in [0.25, 0.3) is 10.0 Å². The van der Waals surface area contributed by atoms with Crippen molar-refractivity contribution in [1.29, 1.82) is 0 Å². The maximum atomic E-state index is 13.2. The Morgan fingerprint density at radius 1 is 1.31 bits per heavy atom. The van der Waals surface area contributed by atoms with Gasteiger partial charge in [0, 0.05) is 25.3 Å². The summed E-state index contributed by atoms with van der Waals surface area (Å²) in [4.78, 5) is 14.6. The Morgan fingerprint density at radius 3 is 2.65 bits per heavy atom. The number of rotatable bonds is 5. The van der Waals surface area contributed by atoms with Gasteiger partial charge >= 0.3 is 0 Å². The summed E-state index contributed by atoms with van der Waals surface area (Å²) < 4.78 is 40.3. The van der Waals surface area contributed by atoms with Crippen LogP contribution in [0.3, 0.4) is 0 Å². The van der Waals surface area contributed by atoms with E-state index >= 15 is 0 Å². The fourth-order valence-corrected chi connectivity index (χ4v) is 5.88. The molecule has 8 heteroatoms. The lowest BCUT2D eigenvalue weighted by atomic mass is 9.97. The molecule has 0 spiro atoms. The van der Waals surface area contributed by atoms with Crippen LogP contribution in [0, 0.1) is 11.7 Å². The van der Waals surface area contributed by atoms with Crippen LogP contribution in [-0.2, 0) is 14.8 Å².